The molecule has 0 bridgehead atoms. The van der Waals surface area contributed by atoms with Gasteiger partial charge in [-0.2, -0.15) is 0 Å². The summed E-state index contributed by atoms with van der Waals surface area (Å²) in [5, 5.41) is 0. The standard InChI is InChI=1S/C18H18OS/c1-11-4-6-14(7-5-11)15-10-20-16-9-12(2)8-13(3)17(16)18(15)19/h4-9,15H,10H2,1-3H3. The molecule has 0 N–H and O–H groups in total. The highest BCUT2D eigenvalue weighted by Crippen LogP contribution is 2.39. The molecular weight excluding hydrogens is 264 g/mol. The Morgan fingerprint density at radius 1 is 1.00 bits per heavy atom. The van der Waals surface area contributed by atoms with Gasteiger partial charge in [-0.05, 0) is 43.5 Å². The molecule has 2 aromatic carbocycles. The van der Waals surface area contributed by atoms with Gasteiger partial charge >= 0.3 is 0 Å². The molecule has 2 aromatic rings. The number of hydrogen-bond donors (Lipinski definition) is 0. The lowest BCUT2D eigenvalue weighted by molar-refractivity contribution is 0.0962. The largest absolute Gasteiger partial charge is 0.293 e. The summed E-state index contributed by atoms with van der Waals surface area (Å²) in [4.78, 5) is 14.0. The van der Waals surface area contributed by atoms with Gasteiger partial charge in [0.25, 0.3) is 0 Å². The molecule has 1 aliphatic heterocycles. The number of hydrogen-bond acceptors (Lipinski definition) is 2. The average Bonchev–Trinajstić information content (AvgIpc) is 2.39. The highest BCUT2D eigenvalue weighted by atomic mass is 32.2. The van der Waals surface area contributed by atoms with Crippen molar-refractivity contribution in [3.05, 3.63) is 64.2 Å². The molecule has 102 valence electrons. The van der Waals surface area contributed by atoms with Crippen molar-refractivity contribution in [2.24, 2.45) is 0 Å². The highest BCUT2D eigenvalue weighted by molar-refractivity contribution is 7.99. The lowest BCUT2D eigenvalue weighted by Gasteiger charge is -2.25. The molecule has 0 saturated heterocycles. The summed E-state index contributed by atoms with van der Waals surface area (Å²) in [7, 11) is 0. The van der Waals surface area contributed by atoms with Crippen LogP contribution in [0.15, 0.2) is 41.3 Å². The van der Waals surface area contributed by atoms with Gasteiger partial charge in [0, 0.05) is 16.2 Å². The highest BCUT2D eigenvalue weighted by Gasteiger charge is 2.30. The van der Waals surface area contributed by atoms with Gasteiger partial charge in [-0.25, -0.2) is 0 Å². The fraction of sp³-hybridized carbons (Fsp3) is 0.278. The zero-order valence-electron chi connectivity index (χ0n) is 12.1. The third-order valence-corrected chi connectivity index (χ3v) is 5.02. The Labute approximate surface area is 124 Å². The van der Waals surface area contributed by atoms with Crippen LogP contribution < -0.4 is 0 Å². The summed E-state index contributed by atoms with van der Waals surface area (Å²) in [6, 6.07) is 12.6. The van der Waals surface area contributed by atoms with Crippen molar-refractivity contribution in [1.82, 2.24) is 0 Å². The van der Waals surface area contributed by atoms with Crippen molar-refractivity contribution in [3.63, 3.8) is 0 Å². The minimum Gasteiger partial charge on any atom is -0.293 e. The van der Waals surface area contributed by atoms with Crippen molar-refractivity contribution < 1.29 is 4.79 Å². The van der Waals surface area contributed by atoms with Crippen LogP contribution in [0.1, 0.15) is 38.5 Å². The third kappa shape index (κ3) is 2.29. The second-order valence-electron chi connectivity index (χ2n) is 5.59. The number of ketones is 1. The summed E-state index contributed by atoms with van der Waals surface area (Å²) >= 11 is 1.81. The lowest BCUT2D eigenvalue weighted by Crippen LogP contribution is -2.21. The zero-order valence-corrected chi connectivity index (χ0v) is 12.9. The first-order chi connectivity index (χ1) is 9.56. The van der Waals surface area contributed by atoms with Crippen LogP contribution in [-0.2, 0) is 0 Å². The van der Waals surface area contributed by atoms with Crippen molar-refractivity contribution in [1.29, 1.82) is 0 Å². The molecule has 1 aliphatic rings. The van der Waals surface area contributed by atoms with E-state index in [0.717, 1.165) is 27.3 Å². The van der Waals surface area contributed by atoms with Crippen LogP contribution >= 0.6 is 11.8 Å². The molecule has 0 aromatic heterocycles. The molecule has 1 unspecified atom stereocenters. The third-order valence-electron chi connectivity index (χ3n) is 3.89. The summed E-state index contributed by atoms with van der Waals surface area (Å²) < 4.78 is 0. The Balaban J connectivity index is 2.03. The van der Waals surface area contributed by atoms with Crippen LogP contribution in [0, 0.1) is 20.8 Å². The summed E-state index contributed by atoms with van der Waals surface area (Å²) in [5.41, 5.74) is 5.64. The van der Waals surface area contributed by atoms with E-state index in [4.69, 9.17) is 0 Å². The predicted octanol–water partition coefficient (Wildman–Crippen LogP) is 4.68. The monoisotopic (exact) mass is 282 g/mol. The number of fused-ring (bicyclic) bond motifs is 1. The summed E-state index contributed by atoms with van der Waals surface area (Å²) in [6.45, 7) is 6.20. The van der Waals surface area contributed by atoms with E-state index >= 15 is 0 Å². The number of benzene rings is 2. The maximum atomic E-state index is 12.8. The van der Waals surface area contributed by atoms with Crippen LogP contribution in [0.4, 0.5) is 0 Å². The van der Waals surface area contributed by atoms with E-state index in [-0.39, 0.29) is 11.7 Å². The first kappa shape index (κ1) is 13.4. The number of thioether (sulfide) groups is 1. The number of carbonyl (C=O) groups is 1. The molecule has 2 heteroatoms. The molecule has 0 spiro atoms. The normalized spacial score (nSPS) is 17.9. The fourth-order valence-electron chi connectivity index (χ4n) is 2.83. The molecule has 0 fully saturated rings. The molecule has 0 saturated carbocycles. The van der Waals surface area contributed by atoms with E-state index in [1.807, 2.05) is 18.7 Å². The quantitative estimate of drug-likeness (QED) is 0.755. The molecule has 0 aliphatic carbocycles. The van der Waals surface area contributed by atoms with Crippen molar-refractivity contribution in [3.8, 4) is 0 Å². The molecule has 3 rings (SSSR count). The van der Waals surface area contributed by atoms with E-state index in [1.165, 1.54) is 11.1 Å². The Kier molecular flexibility index (Phi) is 3.43. The molecule has 1 nitrogen and oxygen atoms in total. The maximum absolute atomic E-state index is 12.8. The van der Waals surface area contributed by atoms with Gasteiger partial charge < -0.3 is 0 Å². The lowest BCUT2D eigenvalue weighted by atomic mass is 9.89. The van der Waals surface area contributed by atoms with Crippen molar-refractivity contribution in [2.75, 3.05) is 5.75 Å². The van der Waals surface area contributed by atoms with Gasteiger partial charge in [-0.1, -0.05) is 35.9 Å². The first-order valence-corrected chi connectivity index (χ1v) is 7.89. The summed E-state index contributed by atoms with van der Waals surface area (Å²) in [6.07, 6.45) is 0. The Morgan fingerprint density at radius 2 is 1.70 bits per heavy atom. The smallest absolute Gasteiger partial charge is 0.172 e. The fourth-order valence-corrected chi connectivity index (χ4v) is 4.19. The topological polar surface area (TPSA) is 17.1 Å². The molecule has 20 heavy (non-hydrogen) atoms. The van der Waals surface area contributed by atoms with Crippen molar-refractivity contribution >= 4 is 17.5 Å². The van der Waals surface area contributed by atoms with Gasteiger partial charge in [0.1, 0.15) is 0 Å². The number of rotatable bonds is 1. The number of carbonyl (C=O) groups excluding carboxylic acids is 1. The predicted molar refractivity (Wildman–Crippen MR) is 84.9 cm³/mol. The van der Waals surface area contributed by atoms with Gasteiger partial charge in [0.15, 0.2) is 5.78 Å². The van der Waals surface area contributed by atoms with E-state index in [0.29, 0.717) is 0 Å². The SMILES string of the molecule is Cc1ccc(C2CSc3cc(C)cc(C)c3C2=O)cc1. The number of Topliss-reactive ketones (excluding diaryl/α,β-unsaturated/α-hetero) is 1. The second-order valence-corrected chi connectivity index (χ2v) is 6.66. The molecule has 0 amide bonds. The Morgan fingerprint density at radius 3 is 2.40 bits per heavy atom. The average molecular weight is 282 g/mol. The number of aryl methyl sites for hydroxylation is 3. The maximum Gasteiger partial charge on any atom is 0.172 e. The van der Waals surface area contributed by atoms with Crippen LogP contribution in [0.25, 0.3) is 0 Å². The molecule has 1 heterocycles. The minimum absolute atomic E-state index is 0.00509. The van der Waals surface area contributed by atoms with E-state index in [2.05, 4.69) is 50.2 Å². The van der Waals surface area contributed by atoms with Gasteiger partial charge in [0.2, 0.25) is 0 Å². The van der Waals surface area contributed by atoms with Crippen LogP contribution in [0.3, 0.4) is 0 Å². The minimum atomic E-state index is -0.00509. The van der Waals surface area contributed by atoms with Crippen LogP contribution in [-0.4, -0.2) is 11.5 Å². The van der Waals surface area contributed by atoms with E-state index in [9.17, 15) is 4.79 Å². The van der Waals surface area contributed by atoms with Gasteiger partial charge in [-0.3, -0.25) is 4.79 Å². The Bertz CT molecular complexity index is 671. The second kappa shape index (κ2) is 5.10. The molecular formula is C18H18OS. The Hall–Kier alpha value is -1.54. The summed E-state index contributed by atoms with van der Waals surface area (Å²) in [5.74, 6) is 1.12. The zero-order chi connectivity index (χ0) is 14.3. The van der Waals surface area contributed by atoms with E-state index in [1.54, 1.807) is 0 Å². The molecule has 0 radical (unpaired) electrons. The van der Waals surface area contributed by atoms with Gasteiger partial charge in [0.05, 0.1) is 5.92 Å². The van der Waals surface area contributed by atoms with Crippen LogP contribution in [0.5, 0.6) is 0 Å². The van der Waals surface area contributed by atoms with Crippen molar-refractivity contribution in [2.45, 2.75) is 31.6 Å². The van der Waals surface area contributed by atoms with E-state index < -0.39 is 0 Å². The van der Waals surface area contributed by atoms with Crippen LogP contribution in [0.2, 0.25) is 0 Å². The molecule has 1 atom stereocenters. The van der Waals surface area contributed by atoms with Gasteiger partial charge in [-0.15, -0.1) is 11.8 Å². The first-order valence-electron chi connectivity index (χ1n) is 6.91.